The van der Waals surface area contributed by atoms with Crippen LogP contribution in [0.1, 0.15) is 25.3 Å². The smallest absolute Gasteiger partial charge is 0.243 e. The van der Waals surface area contributed by atoms with E-state index < -0.39 is 10.0 Å². The van der Waals surface area contributed by atoms with Gasteiger partial charge >= 0.3 is 0 Å². The summed E-state index contributed by atoms with van der Waals surface area (Å²) in [5.41, 5.74) is 1.52. The quantitative estimate of drug-likeness (QED) is 0.802. The van der Waals surface area contributed by atoms with E-state index in [1.165, 1.54) is 4.31 Å². The number of rotatable bonds is 5. The van der Waals surface area contributed by atoms with Crippen LogP contribution in [0, 0.1) is 0 Å². The van der Waals surface area contributed by atoms with Gasteiger partial charge in [0.05, 0.1) is 11.9 Å². The predicted octanol–water partition coefficient (Wildman–Crippen LogP) is 1.35. The van der Waals surface area contributed by atoms with E-state index in [2.05, 4.69) is 4.90 Å². The molecule has 1 aliphatic rings. The minimum atomic E-state index is -3.54. The fraction of sp³-hybridized carbons (Fsp3) is 0.588. The van der Waals surface area contributed by atoms with Crippen LogP contribution < -0.4 is 4.31 Å². The third kappa shape index (κ3) is 4.48. The topological polar surface area (TPSA) is 60.9 Å². The molecule has 1 saturated heterocycles. The Labute approximate surface area is 145 Å². The molecule has 0 aliphatic carbocycles. The van der Waals surface area contributed by atoms with Crippen LogP contribution in [0.15, 0.2) is 24.3 Å². The lowest BCUT2D eigenvalue weighted by molar-refractivity contribution is -0.131. The summed E-state index contributed by atoms with van der Waals surface area (Å²) in [7, 11) is -1.53. The molecule has 6 nitrogen and oxygen atoms in total. The van der Waals surface area contributed by atoms with Crippen molar-refractivity contribution in [2.45, 2.75) is 19.8 Å². The minimum Gasteiger partial charge on any atom is -0.339 e. The van der Waals surface area contributed by atoms with Crippen LogP contribution in [-0.2, 0) is 14.8 Å². The van der Waals surface area contributed by atoms with Gasteiger partial charge in [-0.15, -0.1) is 0 Å². The zero-order chi connectivity index (χ0) is 17.9. The number of piperazine rings is 1. The van der Waals surface area contributed by atoms with Crippen molar-refractivity contribution in [2.75, 3.05) is 50.3 Å². The van der Waals surface area contributed by atoms with Gasteiger partial charge in [0.15, 0.2) is 0 Å². The molecule has 7 heteroatoms. The van der Waals surface area contributed by atoms with Crippen molar-refractivity contribution in [2.24, 2.45) is 0 Å². The van der Waals surface area contributed by atoms with Crippen LogP contribution in [0.2, 0.25) is 0 Å². The second kappa shape index (κ2) is 7.53. The average Bonchev–Trinajstić information content (AvgIpc) is 2.52. The highest BCUT2D eigenvalue weighted by atomic mass is 32.2. The van der Waals surface area contributed by atoms with Gasteiger partial charge in [0, 0.05) is 26.2 Å². The Hall–Kier alpha value is -1.60. The molecule has 134 valence electrons. The van der Waals surface area contributed by atoms with Crippen molar-refractivity contribution in [1.82, 2.24) is 9.80 Å². The lowest BCUT2D eigenvalue weighted by atomic mass is 10.0. The van der Waals surface area contributed by atoms with Gasteiger partial charge in [0.2, 0.25) is 15.9 Å². The molecule has 1 aromatic rings. The molecule has 1 fully saturated rings. The number of nitrogens with zero attached hydrogens (tertiary/aromatic N) is 3. The number of carbonyl (C=O) groups excluding carboxylic acids is 1. The van der Waals surface area contributed by atoms with E-state index in [1.807, 2.05) is 33.0 Å². The third-order valence-electron chi connectivity index (χ3n) is 4.36. The Morgan fingerprint density at radius 1 is 1.17 bits per heavy atom. The van der Waals surface area contributed by atoms with Gasteiger partial charge in [0.25, 0.3) is 0 Å². The van der Waals surface area contributed by atoms with E-state index in [9.17, 15) is 13.2 Å². The number of hydrogen-bond donors (Lipinski definition) is 0. The maximum atomic E-state index is 12.6. The molecule has 0 spiro atoms. The second-order valence-electron chi connectivity index (χ2n) is 6.67. The van der Waals surface area contributed by atoms with Crippen molar-refractivity contribution in [3.8, 4) is 0 Å². The number of sulfonamides is 1. The number of anilines is 1. The zero-order valence-corrected chi connectivity index (χ0v) is 15.7. The molecule has 24 heavy (non-hydrogen) atoms. The van der Waals surface area contributed by atoms with Crippen LogP contribution in [0.25, 0.3) is 0 Å². The van der Waals surface area contributed by atoms with E-state index in [0.717, 1.165) is 24.9 Å². The number of carbonyl (C=O) groups is 1. The molecule has 1 aromatic carbocycles. The monoisotopic (exact) mass is 353 g/mol. The maximum absolute atomic E-state index is 12.6. The van der Waals surface area contributed by atoms with Crippen LogP contribution in [0.5, 0.6) is 0 Å². The van der Waals surface area contributed by atoms with Gasteiger partial charge in [-0.1, -0.05) is 32.0 Å². The highest BCUT2D eigenvalue weighted by Gasteiger charge is 2.27. The summed E-state index contributed by atoms with van der Waals surface area (Å²) >= 11 is 0. The molecule has 0 aromatic heterocycles. The van der Waals surface area contributed by atoms with Crippen LogP contribution in [-0.4, -0.2) is 70.2 Å². The molecular weight excluding hydrogens is 326 g/mol. The van der Waals surface area contributed by atoms with Crippen molar-refractivity contribution in [3.63, 3.8) is 0 Å². The Kier molecular flexibility index (Phi) is 5.87. The standard InChI is InChI=1S/C17H27N3O3S/c1-14(2)15-7-5-6-8-16(15)20(24(4,22)23)13-17(21)19-11-9-18(3)10-12-19/h5-8,14H,9-13H2,1-4H3. The predicted molar refractivity (Wildman–Crippen MR) is 96.8 cm³/mol. The molecule has 2 rings (SSSR count). The zero-order valence-electron chi connectivity index (χ0n) is 14.9. The Morgan fingerprint density at radius 2 is 1.75 bits per heavy atom. The first-order chi connectivity index (χ1) is 11.2. The maximum Gasteiger partial charge on any atom is 0.243 e. The van der Waals surface area contributed by atoms with Gasteiger partial charge in [-0.05, 0) is 24.6 Å². The Bertz CT molecular complexity index is 680. The normalized spacial score (nSPS) is 16.5. The van der Waals surface area contributed by atoms with E-state index in [-0.39, 0.29) is 18.4 Å². The number of amides is 1. The van der Waals surface area contributed by atoms with Gasteiger partial charge in [0.1, 0.15) is 6.54 Å². The van der Waals surface area contributed by atoms with Crippen molar-refractivity contribution in [1.29, 1.82) is 0 Å². The second-order valence-corrected chi connectivity index (χ2v) is 8.57. The highest BCUT2D eigenvalue weighted by molar-refractivity contribution is 7.92. The molecule has 1 aliphatic heterocycles. The molecule has 1 amide bonds. The molecule has 0 N–H and O–H groups in total. The minimum absolute atomic E-state index is 0.146. The number of likely N-dealkylation sites (N-methyl/N-ethyl adjacent to an activating group) is 1. The van der Waals surface area contributed by atoms with Crippen LogP contribution in [0.3, 0.4) is 0 Å². The molecule has 0 unspecified atom stereocenters. The molecule has 1 heterocycles. The van der Waals surface area contributed by atoms with Gasteiger partial charge in [-0.2, -0.15) is 0 Å². The molecule has 0 saturated carbocycles. The fourth-order valence-corrected chi connectivity index (χ4v) is 3.73. The van der Waals surface area contributed by atoms with Gasteiger partial charge < -0.3 is 9.80 Å². The van der Waals surface area contributed by atoms with Crippen LogP contribution in [0.4, 0.5) is 5.69 Å². The molecule has 0 radical (unpaired) electrons. The first kappa shape index (κ1) is 18.7. The molecule has 0 atom stereocenters. The molecular formula is C17H27N3O3S. The average molecular weight is 353 g/mol. The first-order valence-corrected chi connectivity index (χ1v) is 10.1. The largest absolute Gasteiger partial charge is 0.339 e. The highest BCUT2D eigenvalue weighted by Crippen LogP contribution is 2.29. The SMILES string of the molecule is CC(C)c1ccccc1N(CC(=O)N1CCN(C)CC1)S(C)(=O)=O. The summed E-state index contributed by atoms with van der Waals surface area (Å²) in [5.74, 6) is 0.0243. The number of hydrogen-bond acceptors (Lipinski definition) is 4. The van der Waals surface area contributed by atoms with Crippen LogP contribution >= 0.6 is 0 Å². The van der Waals surface area contributed by atoms with Crippen molar-refractivity contribution >= 4 is 21.6 Å². The summed E-state index contributed by atoms with van der Waals surface area (Å²) in [6, 6.07) is 7.38. The first-order valence-electron chi connectivity index (χ1n) is 8.23. The van der Waals surface area contributed by atoms with E-state index >= 15 is 0 Å². The van der Waals surface area contributed by atoms with E-state index in [4.69, 9.17) is 0 Å². The Balaban J connectivity index is 2.26. The third-order valence-corrected chi connectivity index (χ3v) is 5.49. The fourth-order valence-electron chi connectivity index (χ4n) is 2.86. The van der Waals surface area contributed by atoms with Crippen molar-refractivity contribution in [3.05, 3.63) is 29.8 Å². The van der Waals surface area contributed by atoms with Gasteiger partial charge in [-0.3, -0.25) is 9.10 Å². The van der Waals surface area contributed by atoms with E-state index in [1.54, 1.807) is 17.0 Å². The lowest BCUT2D eigenvalue weighted by Gasteiger charge is -2.34. The van der Waals surface area contributed by atoms with Gasteiger partial charge in [-0.25, -0.2) is 8.42 Å². The van der Waals surface area contributed by atoms with Crippen molar-refractivity contribution < 1.29 is 13.2 Å². The number of benzene rings is 1. The summed E-state index contributed by atoms with van der Waals surface area (Å²) in [6.07, 6.45) is 1.15. The van der Waals surface area contributed by atoms with E-state index in [0.29, 0.717) is 18.8 Å². The summed E-state index contributed by atoms with van der Waals surface area (Å²) in [6.45, 7) is 6.79. The number of para-hydroxylation sites is 1. The Morgan fingerprint density at radius 3 is 2.29 bits per heavy atom. The lowest BCUT2D eigenvalue weighted by Crippen LogP contribution is -2.50. The molecule has 0 bridgehead atoms. The summed E-state index contributed by atoms with van der Waals surface area (Å²) in [4.78, 5) is 16.5. The summed E-state index contributed by atoms with van der Waals surface area (Å²) in [5, 5.41) is 0. The summed E-state index contributed by atoms with van der Waals surface area (Å²) < 4.78 is 25.9.